The number of nitrogens with zero attached hydrogens (tertiary/aromatic N) is 1. The summed E-state index contributed by atoms with van der Waals surface area (Å²) in [5, 5.41) is 23.7. The Kier molecular flexibility index (Phi) is 4.79. The van der Waals surface area contributed by atoms with Crippen molar-refractivity contribution in [1.82, 2.24) is 5.32 Å². The van der Waals surface area contributed by atoms with Gasteiger partial charge in [-0.25, -0.2) is 4.39 Å². The van der Waals surface area contributed by atoms with Gasteiger partial charge in [-0.05, 0) is 30.7 Å². The lowest BCUT2D eigenvalue weighted by atomic mass is 9.96. The Balaban J connectivity index is 2.14. The van der Waals surface area contributed by atoms with Crippen LogP contribution in [-0.2, 0) is 5.60 Å². The van der Waals surface area contributed by atoms with Crippen molar-refractivity contribution in [2.24, 2.45) is 0 Å². The zero-order valence-electron chi connectivity index (χ0n) is 12.8. The topological polar surface area (TPSA) is 118 Å². The molecule has 0 radical (unpaired) electrons. The summed E-state index contributed by atoms with van der Waals surface area (Å²) in [4.78, 5) is 22.4. The normalized spacial score (nSPS) is 13.1. The van der Waals surface area contributed by atoms with Gasteiger partial charge in [0.2, 0.25) is 0 Å². The molecule has 1 unspecified atom stereocenters. The molecule has 0 saturated heterocycles. The van der Waals surface area contributed by atoms with Gasteiger partial charge in [-0.2, -0.15) is 0 Å². The summed E-state index contributed by atoms with van der Waals surface area (Å²) in [6.07, 6.45) is 0. The van der Waals surface area contributed by atoms with E-state index in [1.807, 2.05) is 0 Å². The number of benzene rings is 2. The first-order valence-corrected chi connectivity index (χ1v) is 7.02. The average molecular weight is 333 g/mol. The number of halogens is 1. The number of para-hydroxylation sites is 1. The third-order valence-electron chi connectivity index (χ3n) is 3.58. The van der Waals surface area contributed by atoms with E-state index in [2.05, 4.69) is 5.32 Å². The van der Waals surface area contributed by atoms with Crippen LogP contribution in [0.3, 0.4) is 0 Å². The molecule has 0 bridgehead atoms. The van der Waals surface area contributed by atoms with E-state index in [-0.39, 0.29) is 23.5 Å². The predicted octanol–water partition coefficient (Wildman–Crippen LogP) is 1.95. The molecule has 0 fully saturated rings. The van der Waals surface area contributed by atoms with E-state index >= 15 is 0 Å². The van der Waals surface area contributed by atoms with Crippen LogP contribution in [0.15, 0.2) is 42.5 Å². The van der Waals surface area contributed by atoms with Crippen molar-refractivity contribution in [1.29, 1.82) is 0 Å². The fraction of sp³-hybridized carbons (Fsp3) is 0.188. The Hall–Kier alpha value is -3.00. The highest BCUT2D eigenvalue weighted by atomic mass is 19.1. The number of nitro benzene ring substituents is 1. The monoisotopic (exact) mass is 333 g/mol. The van der Waals surface area contributed by atoms with Crippen molar-refractivity contribution in [3.05, 3.63) is 69.5 Å². The SMILES string of the molecule is CC(O)(CNC(=O)c1cccc([N+](=O)[O-])c1N)c1ccc(F)cc1. The highest BCUT2D eigenvalue weighted by molar-refractivity contribution is 6.01. The van der Waals surface area contributed by atoms with Crippen LogP contribution in [0.1, 0.15) is 22.8 Å². The number of nitrogens with two attached hydrogens (primary N) is 1. The van der Waals surface area contributed by atoms with E-state index in [4.69, 9.17) is 5.73 Å². The Morgan fingerprint density at radius 1 is 1.33 bits per heavy atom. The summed E-state index contributed by atoms with van der Waals surface area (Å²) in [6.45, 7) is 1.27. The molecule has 0 spiro atoms. The van der Waals surface area contributed by atoms with E-state index in [1.54, 1.807) is 0 Å². The molecule has 8 heteroatoms. The fourth-order valence-electron chi connectivity index (χ4n) is 2.17. The smallest absolute Gasteiger partial charge is 0.292 e. The quantitative estimate of drug-likeness (QED) is 0.439. The number of nitrogens with one attached hydrogen (secondary N) is 1. The number of nitro groups is 1. The summed E-state index contributed by atoms with van der Waals surface area (Å²) in [5.41, 5.74) is 3.94. The molecule has 1 atom stereocenters. The Labute approximate surface area is 137 Å². The van der Waals surface area contributed by atoms with Crippen molar-refractivity contribution in [2.45, 2.75) is 12.5 Å². The van der Waals surface area contributed by atoms with E-state index in [0.29, 0.717) is 5.56 Å². The van der Waals surface area contributed by atoms with Gasteiger partial charge in [-0.3, -0.25) is 14.9 Å². The lowest BCUT2D eigenvalue weighted by Gasteiger charge is -2.24. The molecule has 2 aromatic rings. The first-order valence-electron chi connectivity index (χ1n) is 7.02. The first-order chi connectivity index (χ1) is 11.2. The van der Waals surface area contributed by atoms with Gasteiger partial charge in [0.1, 0.15) is 17.1 Å². The van der Waals surface area contributed by atoms with Crippen LogP contribution in [0.4, 0.5) is 15.8 Å². The Morgan fingerprint density at radius 2 is 1.96 bits per heavy atom. The van der Waals surface area contributed by atoms with Gasteiger partial charge in [0, 0.05) is 6.07 Å². The highest BCUT2D eigenvalue weighted by Crippen LogP contribution is 2.25. The molecule has 0 saturated carbocycles. The van der Waals surface area contributed by atoms with Gasteiger partial charge < -0.3 is 16.2 Å². The second-order valence-electron chi connectivity index (χ2n) is 5.46. The van der Waals surface area contributed by atoms with Crippen LogP contribution in [0, 0.1) is 15.9 Å². The van der Waals surface area contributed by atoms with Gasteiger partial charge in [-0.15, -0.1) is 0 Å². The van der Waals surface area contributed by atoms with Gasteiger partial charge in [0.15, 0.2) is 0 Å². The molecule has 4 N–H and O–H groups in total. The zero-order valence-corrected chi connectivity index (χ0v) is 12.8. The summed E-state index contributed by atoms with van der Waals surface area (Å²) < 4.78 is 12.9. The van der Waals surface area contributed by atoms with E-state index in [1.165, 1.54) is 49.4 Å². The second kappa shape index (κ2) is 6.63. The summed E-state index contributed by atoms with van der Waals surface area (Å²) in [6, 6.07) is 9.10. The van der Waals surface area contributed by atoms with Crippen molar-refractivity contribution >= 4 is 17.3 Å². The Morgan fingerprint density at radius 3 is 2.54 bits per heavy atom. The number of hydrogen-bond donors (Lipinski definition) is 3. The number of carbonyl (C=O) groups is 1. The minimum atomic E-state index is -1.45. The van der Waals surface area contributed by atoms with Crippen molar-refractivity contribution < 1.29 is 19.2 Å². The highest BCUT2D eigenvalue weighted by Gasteiger charge is 2.25. The number of hydrogen-bond acceptors (Lipinski definition) is 5. The molecule has 0 aliphatic heterocycles. The molecule has 0 aromatic heterocycles. The standard InChI is InChI=1S/C16H16FN3O4/c1-16(22,10-5-7-11(17)8-6-10)9-19-15(21)12-3-2-4-13(14(12)18)20(23)24/h2-8,22H,9,18H2,1H3,(H,19,21). The third kappa shape index (κ3) is 3.66. The molecule has 0 aliphatic rings. The largest absolute Gasteiger partial charge is 0.393 e. The average Bonchev–Trinajstić information content (AvgIpc) is 2.53. The lowest BCUT2D eigenvalue weighted by molar-refractivity contribution is -0.383. The molecular weight excluding hydrogens is 317 g/mol. The number of nitrogen functional groups attached to an aromatic ring is 1. The third-order valence-corrected chi connectivity index (χ3v) is 3.58. The van der Waals surface area contributed by atoms with Gasteiger partial charge >= 0.3 is 0 Å². The molecule has 0 heterocycles. The number of amides is 1. The lowest BCUT2D eigenvalue weighted by Crippen LogP contribution is -2.38. The molecule has 126 valence electrons. The van der Waals surface area contributed by atoms with Crippen molar-refractivity contribution in [3.8, 4) is 0 Å². The molecule has 2 aromatic carbocycles. The fourth-order valence-corrected chi connectivity index (χ4v) is 2.17. The van der Waals surface area contributed by atoms with E-state index in [9.17, 15) is 24.4 Å². The van der Waals surface area contributed by atoms with Gasteiger partial charge in [0.05, 0.1) is 17.0 Å². The van der Waals surface area contributed by atoms with Gasteiger partial charge in [-0.1, -0.05) is 18.2 Å². The number of rotatable bonds is 5. The van der Waals surface area contributed by atoms with Crippen LogP contribution in [0.2, 0.25) is 0 Å². The molecule has 24 heavy (non-hydrogen) atoms. The molecule has 7 nitrogen and oxygen atoms in total. The van der Waals surface area contributed by atoms with Gasteiger partial charge in [0.25, 0.3) is 11.6 Å². The molecule has 1 amide bonds. The van der Waals surface area contributed by atoms with Crippen LogP contribution in [0.25, 0.3) is 0 Å². The number of anilines is 1. The second-order valence-corrected chi connectivity index (χ2v) is 5.46. The summed E-state index contributed by atoms with van der Waals surface area (Å²) in [7, 11) is 0. The minimum absolute atomic E-state index is 0.0564. The van der Waals surface area contributed by atoms with E-state index in [0.717, 1.165) is 0 Å². The van der Waals surface area contributed by atoms with Crippen LogP contribution in [-0.4, -0.2) is 22.5 Å². The zero-order chi connectivity index (χ0) is 17.9. The van der Waals surface area contributed by atoms with Crippen LogP contribution in [0.5, 0.6) is 0 Å². The van der Waals surface area contributed by atoms with Crippen LogP contribution >= 0.6 is 0 Å². The molecule has 2 rings (SSSR count). The maximum Gasteiger partial charge on any atom is 0.292 e. The number of aliphatic hydroxyl groups is 1. The first kappa shape index (κ1) is 17.4. The van der Waals surface area contributed by atoms with Crippen LogP contribution < -0.4 is 11.1 Å². The predicted molar refractivity (Wildman–Crippen MR) is 85.8 cm³/mol. The summed E-state index contributed by atoms with van der Waals surface area (Å²) >= 11 is 0. The maximum absolute atomic E-state index is 12.9. The molecule has 0 aliphatic carbocycles. The maximum atomic E-state index is 12.9. The van der Waals surface area contributed by atoms with Crippen molar-refractivity contribution in [3.63, 3.8) is 0 Å². The summed E-state index contributed by atoms with van der Waals surface area (Å²) in [5.74, 6) is -1.10. The Bertz CT molecular complexity index is 775. The van der Waals surface area contributed by atoms with E-state index < -0.39 is 22.2 Å². The molecular formula is C16H16FN3O4. The number of carbonyl (C=O) groups excluding carboxylic acids is 1. The minimum Gasteiger partial charge on any atom is -0.393 e. The van der Waals surface area contributed by atoms with Crippen molar-refractivity contribution in [2.75, 3.05) is 12.3 Å².